The van der Waals surface area contributed by atoms with E-state index in [0.29, 0.717) is 12.1 Å². The topological polar surface area (TPSA) is 30.5 Å². The van der Waals surface area contributed by atoms with Gasteiger partial charge in [-0.05, 0) is 42.7 Å². The maximum Gasteiger partial charge on any atom is 0.127 e. The van der Waals surface area contributed by atoms with Crippen LogP contribution in [-0.4, -0.2) is 19.3 Å². The molecule has 2 unspecified atom stereocenters. The highest BCUT2D eigenvalue weighted by atomic mass is 16.5. The van der Waals surface area contributed by atoms with Gasteiger partial charge in [0, 0.05) is 24.1 Å². The van der Waals surface area contributed by atoms with Crippen molar-refractivity contribution in [1.82, 2.24) is 5.32 Å². The van der Waals surface area contributed by atoms with E-state index in [0.717, 1.165) is 44.0 Å². The van der Waals surface area contributed by atoms with Gasteiger partial charge in [0.2, 0.25) is 0 Å². The third-order valence-electron chi connectivity index (χ3n) is 5.21. The van der Waals surface area contributed by atoms with Crippen LogP contribution in [0.15, 0.2) is 54.6 Å². The Morgan fingerprint density at radius 2 is 1.77 bits per heavy atom. The van der Waals surface area contributed by atoms with Crippen molar-refractivity contribution in [2.24, 2.45) is 5.41 Å². The van der Waals surface area contributed by atoms with Gasteiger partial charge in [0.25, 0.3) is 0 Å². The second kappa shape index (κ2) is 8.70. The highest BCUT2D eigenvalue weighted by Crippen LogP contribution is 2.32. The van der Waals surface area contributed by atoms with Crippen molar-refractivity contribution in [3.63, 3.8) is 0 Å². The number of ether oxygens (including phenoxy) is 2. The monoisotopic (exact) mass is 353 g/mol. The van der Waals surface area contributed by atoms with E-state index in [1.165, 1.54) is 5.56 Å². The number of rotatable bonds is 7. The minimum atomic E-state index is 0.167. The molecule has 1 aliphatic heterocycles. The van der Waals surface area contributed by atoms with Crippen LogP contribution in [-0.2, 0) is 4.74 Å². The second-order valence-corrected chi connectivity index (χ2v) is 7.87. The maximum atomic E-state index is 5.92. The van der Waals surface area contributed by atoms with E-state index in [9.17, 15) is 0 Å². The number of hydrogen-bond acceptors (Lipinski definition) is 3. The largest absolute Gasteiger partial charge is 0.457 e. The molecule has 3 nitrogen and oxygen atoms in total. The summed E-state index contributed by atoms with van der Waals surface area (Å²) in [6.45, 7) is 8.51. The Morgan fingerprint density at radius 1 is 1.08 bits per heavy atom. The standard InChI is InChI=1S/C23H31NO2/c1-4-8-21(24-22-15-16-25-17-23(22,2)3)18-11-13-20(14-12-18)26-19-9-6-5-7-10-19/h5-7,9-14,21-22,24H,4,8,15-17H2,1-3H3. The lowest BCUT2D eigenvalue weighted by atomic mass is 9.81. The van der Waals surface area contributed by atoms with Gasteiger partial charge in [0.05, 0.1) is 6.61 Å². The van der Waals surface area contributed by atoms with Gasteiger partial charge in [0.1, 0.15) is 11.5 Å². The van der Waals surface area contributed by atoms with Gasteiger partial charge in [-0.1, -0.05) is 57.5 Å². The molecule has 0 bridgehead atoms. The molecule has 3 rings (SSSR count). The molecule has 0 amide bonds. The Bertz CT molecular complexity index is 666. The molecule has 1 N–H and O–H groups in total. The summed E-state index contributed by atoms with van der Waals surface area (Å²) in [5.41, 5.74) is 1.50. The van der Waals surface area contributed by atoms with Crippen molar-refractivity contribution in [1.29, 1.82) is 0 Å². The predicted octanol–water partition coefficient (Wildman–Crippen LogP) is 5.72. The fraction of sp³-hybridized carbons (Fsp3) is 0.478. The third kappa shape index (κ3) is 4.87. The molecule has 2 aromatic carbocycles. The molecule has 0 saturated carbocycles. The SMILES string of the molecule is CCCC(NC1CCOCC1(C)C)c1ccc(Oc2ccccc2)cc1. The first-order chi connectivity index (χ1) is 12.6. The average molecular weight is 354 g/mol. The first-order valence-corrected chi connectivity index (χ1v) is 9.75. The predicted molar refractivity (Wildman–Crippen MR) is 107 cm³/mol. The van der Waals surface area contributed by atoms with Gasteiger partial charge in [0.15, 0.2) is 0 Å². The summed E-state index contributed by atoms with van der Waals surface area (Å²) in [6.07, 6.45) is 3.36. The molecule has 1 saturated heterocycles. The number of benzene rings is 2. The van der Waals surface area contributed by atoms with Crippen LogP contribution in [0.3, 0.4) is 0 Å². The summed E-state index contributed by atoms with van der Waals surface area (Å²) >= 11 is 0. The van der Waals surface area contributed by atoms with Crippen LogP contribution < -0.4 is 10.1 Å². The quantitative estimate of drug-likeness (QED) is 0.690. The van der Waals surface area contributed by atoms with Gasteiger partial charge in [-0.15, -0.1) is 0 Å². The van der Waals surface area contributed by atoms with Crippen molar-refractivity contribution in [2.75, 3.05) is 13.2 Å². The summed E-state index contributed by atoms with van der Waals surface area (Å²) in [5.74, 6) is 1.74. The fourth-order valence-electron chi connectivity index (χ4n) is 3.61. The molecule has 0 radical (unpaired) electrons. The highest BCUT2D eigenvalue weighted by molar-refractivity contribution is 5.34. The highest BCUT2D eigenvalue weighted by Gasteiger charge is 2.34. The maximum absolute atomic E-state index is 5.92. The van der Waals surface area contributed by atoms with E-state index < -0.39 is 0 Å². The van der Waals surface area contributed by atoms with Crippen LogP contribution in [0.2, 0.25) is 0 Å². The molecule has 0 aromatic heterocycles. The lowest BCUT2D eigenvalue weighted by Gasteiger charge is -2.41. The lowest BCUT2D eigenvalue weighted by Crippen LogP contribution is -2.49. The number of para-hydroxylation sites is 1. The van der Waals surface area contributed by atoms with Crippen LogP contribution in [0.25, 0.3) is 0 Å². The number of nitrogens with one attached hydrogen (secondary N) is 1. The molecule has 0 spiro atoms. The van der Waals surface area contributed by atoms with E-state index in [2.05, 4.69) is 50.4 Å². The molecule has 2 atom stereocenters. The van der Waals surface area contributed by atoms with E-state index in [1.54, 1.807) is 0 Å². The Hall–Kier alpha value is -1.84. The van der Waals surface area contributed by atoms with Crippen LogP contribution in [0, 0.1) is 5.41 Å². The summed E-state index contributed by atoms with van der Waals surface area (Å²) < 4.78 is 11.6. The molecule has 2 aromatic rings. The van der Waals surface area contributed by atoms with Gasteiger partial charge < -0.3 is 14.8 Å². The molecular weight excluding hydrogens is 322 g/mol. The minimum Gasteiger partial charge on any atom is -0.457 e. The van der Waals surface area contributed by atoms with Gasteiger partial charge >= 0.3 is 0 Å². The smallest absolute Gasteiger partial charge is 0.127 e. The molecule has 1 fully saturated rings. The van der Waals surface area contributed by atoms with Crippen LogP contribution >= 0.6 is 0 Å². The van der Waals surface area contributed by atoms with Gasteiger partial charge in [-0.2, -0.15) is 0 Å². The first kappa shape index (κ1) is 18.9. The minimum absolute atomic E-state index is 0.167. The number of hydrogen-bond donors (Lipinski definition) is 1. The van der Waals surface area contributed by atoms with Crippen molar-refractivity contribution in [3.8, 4) is 11.5 Å². The van der Waals surface area contributed by atoms with Crippen molar-refractivity contribution in [2.45, 2.75) is 52.1 Å². The molecular formula is C23H31NO2. The molecule has 3 heteroatoms. The Labute approximate surface area is 157 Å². The molecule has 26 heavy (non-hydrogen) atoms. The summed E-state index contributed by atoms with van der Waals surface area (Å²) in [7, 11) is 0. The first-order valence-electron chi connectivity index (χ1n) is 9.75. The Kier molecular flexibility index (Phi) is 6.33. The van der Waals surface area contributed by atoms with Crippen molar-refractivity contribution < 1.29 is 9.47 Å². The van der Waals surface area contributed by atoms with E-state index in [1.807, 2.05) is 30.3 Å². The molecule has 140 valence electrons. The molecule has 1 aliphatic rings. The van der Waals surface area contributed by atoms with E-state index in [4.69, 9.17) is 9.47 Å². The Balaban J connectivity index is 1.69. The second-order valence-electron chi connectivity index (χ2n) is 7.87. The molecule has 0 aliphatic carbocycles. The normalized spacial score (nSPS) is 20.5. The Morgan fingerprint density at radius 3 is 2.42 bits per heavy atom. The average Bonchev–Trinajstić information content (AvgIpc) is 2.64. The summed E-state index contributed by atoms with van der Waals surface area (Å²) in [4.78, 5) is 0. The summed E-state index contributed by atoms with van der Waals surface area (Å²) in [6, 6.07) is 19.3. The van der Waals surface area contributed by atoms with Gasteiger partial charge in [-0.25, -0.2) is 0 Å². The van der Waals surface area contributed by atoms with Crippen molar-refractivity contribution >= 4 is 0 Å². The van der Waals surface area contributed by atoms with E-state index >= 15 is 0 Å². The van der Waals surface area contributed by atoms with Crippen LogP contribution in [0.1, 0.15) is 51.6 Å². The zero-order valence-corrected chi connectivity index (χ0v) is 16.2. The van der Waals surface area contributed by atoms with Gasteiger partial charge in [-0.3, -0.25) is 0 Å². The molecule has 1 heterocycles. The zero-order chi connectivity index (χ0) is 18.4. The fourth-order valence-corrected chi connectivity index (χ4v) is 3.61. The van der Waals surface area contributed by atoms with E-state index in [-0.39, 0.29) is 5.41 Å². The van der Waals surface area contributed by atoms with Crippen molar-refractivity contribution in [3.05, 3.63) is 60.2 Å². The third-order valence-corrected chi connectivity index (χ3v) is 5.21. The van der Waals surface area contributed by atoms with Crippen LogP contribution in [0.4, 0.5) is 0 Å². The van der Waals surface area contributed by atoms with Crippen LogP contribution in [0.5, 0.6) is 11.5 Å². The lowest BCUT2D eigenvalue weighted by molar-refractivity contribution is -0.0167. The summed E-state index contributed by atoms with van der Waals surface area (Å²) in [5, 5.41) is 3.91. The zero-order valence-electron chi connectivity index (χ0n) is 16.2.